The van der Waals surface area contributed by atoms with Crippen LogP contribution in [0.5, 0.6) is 5.75 Å². The Balaban J connectivity index is 1.54. The number of piperidine rings is 1. The lowest BCUT2D eigenvalue weighted by molar-refractivity contribution is -0.137. The first kappa shape index (κ1) is 20.2. The van der Waals surface area contributed by atoms with E-state index in [0.717, 1.165) is 37.6 Å². The minimum Gasteiger partial charge on any atom is -0.490 e. The van der Waals surface area contributed by atoms with E-state index in [2.05, 4.69) is 36.1 Å². The fraction of sp³-hybridized carbons (Fsp3) is 0.696. The van der Waals surface area contributed by atoms with Crippen LogP contribution in [-0.4, -0.2) is 35.2 Å². The minimum atomic E-state index is -0.696. The van der Waals surface area contributed by atoms with Crippen LogP contribution in [0.4, 0.5) is 0 Å². The molecule has 1 heterocycles. The third-order valence-electron chi connectivity index (χ3n) is 6.39. The molecule has 0 radical (unpaired) electrons. The Morgan fingerprint density at radius 3 is 2.52 bits per heavy atom. The maximum absolute atomic E-state index is 10.8. The number of hydrogen-bond acceptors (Lipinski definition) is 3. The number of carboxylic acids is 1. The summed E-state index contributed by atoms with van der Waals surface area (Å²) in [5.74, 6) is 1.19. The van der Waals surface area contributed by atoms with E-state index >= 15 is 0 Å². The van der Waals surface area contributed by atoms with Gasteiger partial charge in [-0.1, -0.05) is 31.9 Å². The van der Waals surface area contributed by atoms with Gasteiger partial charge in [0.1, 0.15) is 5.75 Å². The summed E-state index contributed by atoms with van der Waals surface area (Å²) >= 11 is 0. The number of carboxylic acid groups (broad SMARTS) is 1. The Kier molecular flexibility index (Phi) is 7.57. The summed E-state index contributed by atoms with van der Waals surface area (Å²) in [5.41, 5.74) is 1.34. The van der Waals surface area contributed by atoms with Gasteiger partial charge in [0.2, 0.25) is 0 Å². The van der Waals surface area contributed by atoms with E-state index in [-0.39, 0.29) is 6.42 Å². The molecule has 1 saturated heterocycles. The van der Waals surface area contributed by atoms with Crippen molar-refractivity contribution in [2.45, 2.75) is 83.3 Å². The Hall–Kier alpha value is -1.55. The van der Waals surface area contributed by atoms with E-state index in [4.69, 9.17) is 9.84 Å². The Morgan fingerprint density at radius 2 is 1.85 bits per heavy atom. The van der Waals surface area contributed by atoms with Crippen LogP contribution in [0.15, 0.2) is 24.3 Å². The van der Waals surface area contributed by atoms with Gasteiger partial charge in [-0.25, -0.2) is 0 Å². The van der Waals surface area contributed by atoms with Gasteiger partial charge < -0.3 is 9.84 Å². The SMILES string of the molecule is CC[C@H]1CC[C@@H](Oc2ccc(C3CCCCN3CCCC(=O)O)cc2)CC1. The number of ether oxygens (including phenoxy) is 1. The number of carbonyl (C=O) groups is 1. The van der Waals surface area contributed by atoms with Crippen LogP contribution in [0.25, 0.3) is 0 Å². The molecule has 150 valence electrons. The number of hydrogen-bond donors (Lipinski definition) is 1. The molecule has 0 amide bonds. The zero-order valence-corrected chi connectivity index (χ0v) is 16.7. The summed E-state index contributed by atoms with van der Waals surface area (Å²) in [5, 5.41) is 8.89. The highest BCUT2D eigenvalue weighted by atomic mass is 16.5. The number of aliphatic carboxylic acids is 1. The first-order valence-corrected chi connectivity index (χ1v) is 10.9. The molecule has 0 spiro atoms. The molecule has 1 aliphatic carbocycles. The first-order chi connectivity index (χ1) is 13.2. The molecule has 0 aromatic heterocycles. The molecule has 4 nitrogen and oxygen atoms in total. The highest BCUT2D eigenvalue weighted by molar-refractivity contribution is 5.66. The fourth-order valence-corrected chi connectivity index (χ4v) is 4.69. The predicted molar refractivity (Wildman–Crippen MR) is 108 cm³/mol. The van der Waals surface area contributed by atoms with Gasteiger partial charge in [-0.2, -0.15) is 0 Å². The van der Waals surface area contributed by atoms with Crippen molar-refractivity contribution >= 4 is 5.97 Å². The van der Waals surface area contributed by atoms with Crippen LogP contribution >= 0.6 is 0 Å². The topological polar surface area (TPSA) is 49.8 Å². The molecule has 3 rings (SSSR count). The second-order valence-electron chi connectivity index (χ2n) is 8.28. The highest BCUT2D eigenvalue weighted by Crippen LogP contribution is 2.33. The summed E-state index contributed by atoms with van der Waals surface area (Å²) in [6.07, 6.45) is 11.2. The van der Waals surface area contributed by atoms with Crippen molar-refractivity contribution in [2.24, 2.45) is 5.92 Å². The lowest BCUT2D eigenvalue weighted by Gasteiger charge is -2.36. The van der Waals surface area contributed by atoms with Gasteiger partial charge in [-0.15, -0.1) is 0 Å². The molecule has 1 saturated carbocycles. The van der Waals surface area contributed by atoms with Gasteiger partial charge >= 0.3 is 5.97 Å². The van der Waals surface area contributed by atoms with Crippen molar-refractivity contribution in [3.05, 3.63) is 29.8 Å². The van der Waals surface area contributed by atoms with Gasteiger partial charge in [-0.05, 0) is 81.6 Å². The van der Waals surface area contributed by atoms with Crippen molar-refractivity contribution in [2.75, 3.05) is 13.1 Å². The van der Waals surface area contributed by atoms with Crippen molar-refractivity contribution < 1.29 is 14.6 Å². The molecule has 1 unspecified atom stereocenters. The van der Waals surface area contributed by atoms with E-state index in [1.807, 2.05) is 0 Å². The molecule has 1 aromatic rings. The summed E-state index contributed by atoms with van der Waals surface area (Å²) in [4.78, 5) is 13.3. The van der Waals surface area contributed by atoms with Gasteiger partial charge in [0.25, 0.3) is 0 Å². The van der Waals surface area contributed by atoms with Crippen LogP contribution in [0.2, 0.25) is 0 Å². The normalized spacial score (nSPS) is 26.6. The van der Waals surface area contributed by atoms with Crippen LogP contribution in [0.3, 0.4) is 0 Å². The molecular formula is C23H35NO3. The maximum Gasteiger partial charge on any atom is 0.303 e. The summed E-state index contributed by atoms with van der Waals surface area (Å²) in [7, 11) is 0. The van der Waals surface area contributed by atoms with Gasteiger partial charge in [0, 0.05) is 12.5 Å². The molecule has 27 heavy (non-hydrogen) atoms. The largest absolute Gasteiger partial charge is 0.490 e. The van der Waals surface area contributed by atoms with E-state index < -0.39 is 5.97 Å². The Morgan fingerprint density at radius 1 is 1.11 bits per heavy atom. The summed E-state index contributed by atoms with van der Waals surface area (Å²) < 4.78 is 6.23. The van der Waals surface area contributed by atoms with Crippen LogP contribution in [-0.2, 0) is 4.79 Å². The monoisotopic (exact) mass is 373 g/mol. The van der Waals surface area contributed by atoms with E-state index in [1.165, 1.54) is 50.5 Å². The maximum atomic E-state index is 10.8. The van der Waals surface area contributed by atoms with Crippen molar-refractivity contribution in [3.63, 3.8) is 0 Å². The quantitative estimate of drug-likeness (QED) is 0.660. The van der Waals surface area contributed by atoms with Crippen LogP contribution in [0, 0.1) is 5.92 Å². The van der Waals surface area contributed by atoms with E-state index in [1.54, 1.807) is 0 Å². The molecule has 1 atom stereocenters. The second-order valence-corrected chi connectivity index (χ2v) is 8.28. The van der Waals surface area contributed by atoms with E-state index in [0.29, 0.717) is 12.1 Å². The average Bonchev–Trinajstić information content (AvgIpc) is 2.69. The van der Waals surface area contributed by atoms with Crippen molar-refractivity contribution in [1.82, 2.24) is 4.90 Å². The fourth-order valence-electron chi connectivity index (χ4n) is 4.69. The summed E-state index contributed by atoms with van der Waals surface area (Å²) in [6.45, 7) is 4.24. The number of nitrogens with zero attached hydrogens (tertiary/aromatic N) is 1. The average molecular weight is 374 g/mol. The van der Waals surface area contributed by atoms with Gasteiger partial charge in [-0.3, -0.25) is 9.69 Å². The van der Waals surface area contributed by atoms with E-state index in [9.17, 15) is 4.79 Å². The lowest BCUT2D eigenvalue weighted by Crippen LogP contribution is -2.34. The standard InChI is InChI=1S/C23H35NO3/c1-2-18-8-12-20(13-9-18)27-21-14-10-19(11-15-21)22-6-3-4-16-24(22)17-5-7-23(25)26/h10-11,14-15,18,20,22H,2-9,12-13,16-17H2,1H3,(H,25,26)/t18-,20+,22?. The van der Waals surface area contributed by atoms with Gasteiger partial charge in [0.15, 0.2) is 0 Å². The van der Waals surface area contributed by atoms with Crippen LogP contribution < -0.4 is 4.74 Å². The molecule has 4 heteroatoms. The number of benzene rings is 1. The second kappa shape index (κ2) is 10.1. The molecule has 2 fully saturated rings. The molecule has 1 N–H and O–H groups in total. The first-order valence-electron chi connectivity index (χ1n) is 10.9. The third kappa shape index (κ3) is 5.97. The lowest BCUT2D eigenvalue weighted by atomic mass is 9.86. The molecular weight excluding hydrogens is 338 g/mol. The molecule has 2 aliphatic rings. The Bertz CT molecular complexity index is 578. The molecule has 1 aromatic carbocycles. The highest BCUT2D eigenvalue weighted by Gasteiger charge is 2.24. The molecule has 0 bridgehead atoms. The molecule has 1 aliphatic heterocycles. The zero-order chi connectivity index (χ0) is 19.1. The predicted octanol–water partition coefficient (Wildman–Crippen LogP) is 5.43. The minimum absolute atomic E-state index is 0.260. The number of likely N-dealkylation sites (tertiary alicyclic amines) is 1. The summed E-state index contributed by atoms with van der Waals surface area (Å²) in [6, 6.07) is 9.11. The van der Waals surface area contributed by atoms with Crippen molar-refractivity contribution in [1.29, 1.82) is 0 Å². The van der Waals surface area contributed by atoms with Crippen LogP contribution in [0.1, 0.15) is 82.7 Å². The Labute approximate surface area is 163 Å². The van der Waals surface area contributed by atoms with Gasteiger partial charge in [0.05, 0.1) is 6.10 Å². The third-order valence-corrected chi connectivity index (χ3v) is 6.39. The van der Waals surface area contributed by atoms with Crippen molar-refractivity contribution in [3.8, 4) is 5.75 Å². The smallest absolute Gasteiger partial charge is 0.303 e. The number of rotatable bonds is 8. The zero-order valence-electron chi connectivity index (χ0n) is 16.7.